The van der Waals surface area contributed by atoms with Crippen LogP contribution in [0.25, 0.3) is 11.4 Å². The van der Waals surface area contributed by atoms with Crippen molar-refractivity contribution in [1.82, 2.24) is 9.97 Å². The molecule has 1 aromatic heterocycles. The van der Waals surface area contributed by atoms with Crippen LogP contribution in [0.15, 0.2) is 41.6 Å². The van der Waals surface area contributed by atoms with Crippen molar-refractivity contribution in [2.45, 2.75) is 4.90 Å². The molecule has 1 N–H and O–H groups in total. The quantitative estimate of drug-likeness (QED) is 0.837. The molecule has 78 valence electrons. The fourth-order valence-corrected chi connectivity index (χ4v) is 1.96. The molecule has 15 heavy (non-hydrogen) atoms. The van der Waals surface area contributed by atoms with Crippen LogP contribution in [0.2, 0.25) is 0 Å². The second-order valence-electron chi connectivity index (χ2n) is 3.24. The third kappa shape index (κ3) is 2.07. The van der Waals surface area contributed by atoms with E-state index in [2.05, 4.69) is 9.97 Å². The summed E-state index contributed by atoms with van der Waals surface area (Å²) in [6.07, 6.45) is 4.51. The molecule has 0 saturated heterocycles. The third-order valence-electron chi connectivity index (χ3n) is 2.03. The summed E-state index contributed by atoms with van der Waals surface area (Å²) in [5, 5.41) is 0. The van der Waals surface area contributed by atoms with Gasteiger partial charge in [0.15, 0.2) is 9.84 Å². The van der Waals surface area contributed by atoms with E-state index in [1.165, 1.54) is 6.26 Å². The second-order valence-corrected chi connectivity index (χ2v) is 5.25. The zero-order chi connectivity index (χ0) is 10.9. The molecule has 0 bridgehead atoms. The van der Waals surface area contributed by atoms with E-state index in [1.54, 1.807) is 30.6 Å². The van der Waals surface area contributed by atoms with Crippen molar-refractivity contribution in [3.05, 3.63) is 36.7 Å². The summed E-state index contributed by atoms with van der Waals surface area (Å²) in [7, 11) is -3.16. The molecule has 0 saturated carbocycles. The van der Waals surface area contributed by atoms with Gasteiger partial charge in [-0.3, -0.25) is 0 Å². The lowest BCUT2D eigenvalue weighted by atomic mass is 10.2. The van der Waals surface area contributed by atoms with E-state index < -0.39 is 9.84 Å². The normalized spacial score (nSPS) is 11.5. The predicted octanol–water partition coefficient (Wildman–Crippen LogP) is 1.48. The van der Waals surface area contributed by atoms with Crippen LogP contribution < -0.4 is 0 Å². The molecule has 0 aliphatic rings. The largest absolute Gasteiger partial charge is 0.345 e. The van der Waals surface area contributed by atoms with Crippen molar-refractivity contribution in [1.29, 1.82) is 0 Å². The molecule has 0 aliphatic heterocycles. The molecule has 0 amide bonds. The van der Waals surface area contributed by atoms with Gasteiger partial charge in [0.05, 0.1) is 4.90 Å². The zero-order valence-electron chi connectivity index (χ0n) is 8.14. The highest BCUT2D eigenvalue weighted by atomic mass is 32.2. The van der Waals surface area contributed by atoms with Gasteiger partial charge in [-0.1, -0.05) is 12.1 Å². The Morgan fingerprint density at radius 1 is 1.33 bits per heavy atom. The van der Waals surface area contributed by atoms with Gasteiger partial charge in [-0.25, -0.2) is 13.4 Å². The van der Waals surface area contributed by atoms with Gasteiger partial charge < -0.3 is 4.98 Å². The molecule has 5 heteroatoms. The van der Waals surface area contributed by atoms with Gasteiger partial charge in [0.1, 0.15) is 5.82 Å². The lowest BCUT2D eigenvalue weighted by Gasteiger charge is -2.00. The van der Waals surface area contributed by atoms with E-state index in [1.807, 2.05) is 6.07 Å². The number of nitrogens with one attached hydrogen (secondary N) is 1. The lowest BCUT2D eigenvalue weighted by Crippen LogP contribution is -1.96. The van der Waals surface area contributed by atoms with Gasteiger partial charge in [-0.15, -0.1) is 0 Å². The van der Waals surface area contributed by atoms with Crippen LogP contribution in [0.3, 0.4) is 0 Å². The number of benzene rings is 1. The molecular weight excluding hydrogens is 212 g/mol. The lowest BCUT2D eigenvalue weighted by molar-refractivity contribution is 0.602. The van der Waals surface area contributed by atoms with Crippen LogP contribution >= 0.6 is 0 Å². The maximum Gasteiger partial charge on any atom is 0.175 e. The van der Waals surface area contributed by atoms with Gasteiger partial charge in [-0.2, -0.15) is 0 Å². The Balaban J connectivity index is 2.53. The van der Waals surface area contributed by atoms with E-state index >= 15 is 0 Å². The number of imidazole rings is 1. The fraction of sp³-hybridized carbons (Fsp3) is 0.100. The molecule has 0 unspecified atom stereocenters. The number of hydrogen-bond acceptors (Lipinski definition) is 3. The van der Waals surface area contributed by atoms with Crippen LogP contribution in [0.1, 0.15) is 0 Å². The minimum atomic E-state index is -3.16. The molecule has 0 aliphatic carbocycles. The first-order valence-electron chi connectivity index (χ1n) is 4.37. The Kier molecular flexibility index (Phi) is 2.32. The minimum Gasteiger partial charge on any atom is -0.345 e. The highest BCUT2D eigenvalue weighted by molar-refractivity contribution is 7.90. The summed E-state index contributed by atoms with van der Waals surface area (Å²) in [6.45, 7) is 0. The van der Waals surface area contributed by atoms with E-state index in [-0.39, 0.29) is 0 Å². The van der Waals surface area contributed by atoms with Crippen LogP contribution in [-0.2, 0) is 9.84 Å². The Morgan fingerprint density at radius 2 is 2.13 bits per heavy atom. The number of aromatic amines is 1. The fourth-order valence-electron chi connectivity index (χ4n) is 1.30. The molecule has 2 rings (SSSR count). The number of H-pyrrole nitrogens is 1. The van der Waals surface area contributed by atoms with E-state index in [0.717, 1.165) is 5.56 Å². The van der Waals surface area contributed by atoms with Gasteiger partial charge in [0.2, 0.25) is 0 Å². The molecule has 4 nitrogen and oxygen atoms in total. The number of sulfone groups is 1. The second kappa shape index (κ2) is 3.51. The van der Waals surface area contributed by atoms with Crippen molar-refractivity contribution >= 4 is 9.84 Å². The van der Waals surface area contributed by atoms with Gasteiger partial charge in [0, 0.05) is 24.2 Å². The van der Waals surface area contributed by atoms with Crippen LogP contribution in [-0.4, -0.2) is 24.6 Å². The number of aromatic nitrogens is 2. The van der Waals surface area contributed by atoms with Gasteiger partial charge >= 0.3 is 0 Å². The maximum atomic E-state index is 11.3. The Bertz CT molecular complexity index is 559. The highest BCUT2D eigenvalue weighted by Gasteiger charge is 2.08. The SMILES string of the molecule is CS(=O)(=O)c1cccc(-c2ncc[nH]2)c1. The molecule has 1 aromatic carbocycles. The standard InChI is InChI=1S/C10H10N2O2S/c1-15(13,14)9-4-2-3-8(7-9)10-11-5-6-12-10/h2-7H,1H3,(H,11,12). The maximum absolute atomic E-state index is 11.3. The molecule has 0 atom stereocenters. The zero-order valence-corrected chi connectivity index (χ0v) is 8.95. The molecule has 0 fully saturated rings. The molecule has 0 radical (unpaired) electrons. The summed E-state index contributed by atoms with van der Waals surface area (Å²) < 4.78 is 22.6. The number of nitrogens with zero attached hydrogens (tertiary/aromatic N) is 1. The summed E-state index contributed by atoms with van der Waals surface area (Å²) in [6, 6.07) is 6.69. The smallest absolute Gasteiger partial charge is 0.175 e. The average molecular weight is 222 g/mol. The van der Waals surface area contributed by atoms with Crippen molar-refractivity contribution in [2.24, 2.45) is 0 Å². The Labute approximate surface area is 87.9 Å². The first-order valence-corrected chi connectivity index (χ1v) is 6.26. The Hall–Kier alpha value is -1.62. The Morgan fingerprint density at radius 3 is 2.73 bits per heavy atom. The third-order valence-corrected chi connectivity index (χ3v) is 3.14. The molecule has 1 heterocycles. The molecule has 2 aromatic rings. The first-order chi connectivity index (χ1) is 7.07. The monoisotopic (exact) mass is 222 g/mol. The van der Waals surface area contributed by atoms with Crippen LogP contribution in [0, 0.1) is 0 Å². The van der Waals surface area contributed by atoms with Crippen molar-refractivity contribution in [3.8, 4) is 11.4 Å². The summed E-state index contributed by atoms with van der Waals surface area (Å²) in [5.74, 6) is 0.667. The van der Waals surface area contributed by atoms with Gasteiger partial charge in [-0.05, 0) is 12.1 Å². The number of hydrogen-bond donors (Lipinski definition) is 1. The summed E-state index contributed by atoms with van der Waals surface area (Å²) in [5.41, 5.74) is 0.767. The van der Waals surface area contributed by atoms with E-state index in [9.17, 15) is 8.42 Å². The van der Waals surface area contributed by atoms with E-state index in [4.69, 9.17) is 0 Å². The van der Waals surface area contributed by atoms with Crippen molar-refractivity contribution in [2.75, 3.05) is 6.26 Å². The molecular formula is C10H10N2O2S. The van der Waals surface area contributed by atoms with E-state index in [0.29, 0.717) is 10.7 Å². The summed E-state index contributed by atoms with van der Waals surface area (Å²) in [4.78, 5) is 7.29. The number of rotatable bonds is 2. The minimum absolute atomic E-state index is 0.302. The van der Waals surface area contributed by atoms with Gasteiger partial charge in [0.25, 0.3) is 0 Å². The molecule has 0 spiro atoms. The average Bonchev–Trinajstić information content (AvgIpc) is 2.69. The topological polar surface area (TPSA) is 62.8 Å². The van der Waals surface area contributed by atoms with Crippen LogP contribution in [0.4, 0.5) is 0 Å². The van der Waals surface area contributed by atoms with Crippen LogP contribution in [0.5, 0.6) is 0 Å². The predicted molar refractivity (Wildman–Crippen MR) is 57.1 cm³/mol. The first kappa shape index (κ1) is 9.92. The van der Waals surface area contributed by atoms with Crippen molar-refractivity contribution < 1.29 is 8.42 Å². The highest BCUT2D eigenvalue weighted by Crippen LogP contribution is 2.18. The summed E-state index contributed by atoms with van der Waals surface area (Å²) >= 11 is 0. The van der Waals surface area contributed by atoms with Crippen molar-refractivity contribution in [3.63, 3.8) is 0 Å².